The van der Waals surface area contributed by atoms with Crippen molar-refractivity contribution in [2.75, 3.05) is 11.9 Å². The molecule has 0 spiro atoms. The summed E-state index contributed by atoms with van der Waals surface area (Å²) in [5.74, 6) is -0.123. The largest absolute Gasteiger partial charge is 0.364 e. The fourth-order valence-corrected chi connectivity index (χ4v) is 3.99. The Hall–Kier alpha value is -2.38. The van der Waals surface area contributed by atoms with Crippen molar-refractivity contribution < 1.29 is 13.2 Å². The van der Waals surface area contributed by atoms with Crippen molar-refractivity contribution in [2.24, 2.45) is 0 Å². The Labute approximate surface area is 147 Å². The number of rotatable bonds is 5. The molecule has 6 nitrogen and oxygen atoms in total. The Morgan fingerprint density at radius 3 is 2.56 bits per heavy atom. The molecule has 2 aromatic carbocycles. The third-order valence-corrected chi connectivity index (χ3v) is 5.55. The van der Waals surface area contributed by atoms with Crippen LogP contribution in [0.4, 0.5) is 5.69 Å². The standard InChI is InChI=1S/C18H21N3O3S/c1-2-3-12-19-18(22)14-10-8-13(9-11-14)17-20-15-6-4-5-7-16(15)25(23,24)21-17/h4-11,17,20-21H,2-3,12H2,1H3,(H,19,22). The minimum atomic E-state index is -3.57. The van der Waals surface area contributed by atoms with E-state index in [1.165, 1.54) is 0 Å². The number of nitrogens with one attached hydrogen (secondary N) is 3. The number of sulfonamides is 1. The molecule has 1 unspecified atom stereocenters. The van der Waals surface area contributed by atoms with Crippen LogP contribution in [0, 0.1) is 0 Å². The number of anilines is 1. The lowest BCUT2D eigenvalue weighted by Crippen LogP contribution is -2.38. The zero-order valence-corrected chi connectivity index (χ0v) is 14.8. The van der Waals surface area contributed by atoms with E-state index in [2.05, 4.69) is 22.3 Å². The highest BCUT2D eigenvalue weighted by atomic mass is 32.2. The van der Waals surface area contributed by atoms with Crippen molar-refractivity contribution in [3.63, 3.8) is 0 Å². The molecular formula is C18H21N3O3S. The maximum absolute atomic E-state index is 12.4. The third-order valence-electron chi connectivity index (χ3n) is 4.07. The van der Waals surface area contributed by atoms with Crippen molar-refractivity contribution >= 4 is 21.6 Å². The van der Waals surface area contributed by atoms with Crippen LogP contribution < -0.4 is 15.4 Å². The summed E-state index contributed by atoms with van der Waals surface area (Å²) in [5.41, 5.74) is 1.86. The van der Waals surface area contributed by atoms with Crippen LogP contribution in [0.3, 0.4) is 0 Å². The summed E-state index contributed by atoms with van der Waals surface area (Å²) in [6.45, 7) is 2.72. The van der Waals surface area contributed by atoms with E-state index in [4.69, 9.17) is 0 Å². The Bertz CT molecular complexity index is 863. The zero-order chi connectivity index (χ0) is 17.9. The Morgan fingerprint density at radius 1 is 1.12 bits per heavy atom. The van der Waals surface area contributed by atoms with Gasteiger partial charge in [-0.3, -0.25) is 4.79 Å². The molecule has 0 aromatic heterocycles. The molecule has 0 radical (unpaired) electrons. The fraction of sp³-hybridized carbons (Fsp3) is 0.278. The second-order valence-corrected chi connectivity index (χ2v) is 7.61. The van der Waals surface area contributed by atoms with Gasteiger partial charge in [0, 0.05) is 12.1 Å². The quantitative estimate of drug-likeness (QED) is 0.716. The summed E-state index contributed by atoms with van der Waals surface area (Å²) in [7, 11) is -3.57. The lowest BCUT2D eigenvalue weighted by Gasteiger charge is -2.28. The van der Waals surface area contributed by atoms with E-state index in [1.54, 1.807) is 48.5 Å². The first-order chi connectivity index (χ1) is 12.0. The van der Waals surface area contributed by atoms with Gasteiger partial charge in [-0.2, -0.15) is 4.72 Å². The molecule has 2 aromatic rings. The molecule has 3 rings (SSSR count). The first kappa shape index (κ1) is 17.4. The molecule has 7 heteroatoms. The van der Waals surface area contributed by atoms with Gasteiger partial charge in [0.25, 0.3) is 5.91 Å². The maximum atomic E-state index is 12.4. The van der Waals surface area contributed by atoms with E-state index < -0.39 is 16.2 Å². The van der Waals surface area contributed by atoms with Crippen molar-refractivity contribution in [1.82, 2.24) is 10.0 Å². The van der Waals surface area contributed by atoms with Gasteiger partial charge in [0.05, 0.1) is 5.69 Å². The van der Waals surface area contributed by atoms with Gasteiger partial charge in [-0.25, -0.2) is 8.42 Å². The van der Waals surface area contributed by atoms with Crippen molar-refractivity contribution in [3.05, 3.63) is 59.7 Å². The molecular weight excluding hydrogens is 338 g/mol. The molecule has 0 fully saturated rings. The number of carbonyl (C=O) groups excluding carboxylic acids is 1. The highest BCUT2D eigenvalue weighted by Crippen LogP contribution is 2.30. The Balaban J connectivity index is 1.76. The predicted octanol–water partition coefficient (Wildman–Crippen LogP) is 2.62. The van der Waals surface area contributed by atoms with Gasteiger partial charge in [-0.05, 0) is 36.2 Å². The van der Waals surface area contributed by atoms with Gasteiger partial charge in [0.2, 0.25) is 10.0 Å². The molecule has 132 valence electrons. The van der Waals surface area contributed by atoms with Gasteiger partial charge in [-0.1, -0.05) is 37.6 Å². The van der Waals surface area contributed by atoms with E-state index in [0.717, 1.165) is 18.4 Å². The summed E-state index contributed by atoms with van der Waals surface area (Å²) in [4.78, 5) is 12.3. The number of fused-ring (bicyclic) bond motifs is 1. The number of para-hydroxylation sites is 1. The van der Waals surface area contributed by atoms with E-state index in [0.29, 0.717) is 17.8 Å². The molecule has 0 saturated carbocycles. The van der Waals surface area contributed by atoms with Crippen LogP contribution in [-0.2, 0) is 10.0 Å². The van der Waals surface area contributed by atoms with E-state index in [9.17, 15) is 13.2 Å². The third kappa shape index (κ3) is 3.83. The van der Waals surface area contributed by atoms with Crippen LogP contribution in [0.5, 0.6) is 0 Å². The number of carbonyl (C=O) groups is 1. The van der Waals surface area contributed by atoms with Gasteiger partial charge in [0.15, 0.2) is 0 Å². The van der Waals surface area contributed by atoms with E-state index in [1.807, 2.05) is 0 Å². The summed E-state index contributed by atoms with van der Waals surface area (Å²) in [5, 5.41) is 6.03. The van der Waals surface area contributed by atoms with Crippen LogP contribution in [0.1, 0.15) is 41.9 Å². The highest BCUT2D eigenvalue weighted by Gasteiger charge is 2.29. The molecule has 1 heterocycles. The molecule has 3 N–H and O–H groups in total. The van der Waals surface area contributed by atoms with E-state index in [-0.39, 0.29) is 10.8 Å². The minimum Gasteiger partial charge on any atom is -0.364 e. The SMILES string of the molecule is CCCCNC(=O)c1ccc(C2Nc3ccccc3S(=O)(=O)N2)cc1. The number of benzene rings is 2. The lowest BCUT2D eigenvalue weighted by atomic mass is 10.1. The molecule has 1 aliphatic rings. The van der Waals surface area contributed by atoms with Crippen LogP contribution >= 0.6 is 0 Å². The average Bonchev–Trinajstić information content (AvgIpc) is 2.61. The molecule has 1 aliphatic heterocycles. The fourth-order valence-electron chi connectivity index (χ4n) is 2.68. The first-order valence-corrected chi connectivity index (χ1v) is 9.75. The molecule has 1 atom stereocenters. The Kier molecular flexibility index (Phi) is 5.06. The highest BCUT2D eigenvalue weighted by molar-refractivity contribution is 7.89. The summed E-state index contributed by atoms with van der Waals surface area (Å²) in [6, 6.07) is 13.7. The lowest BCUT2D eigenvalue weighted by molar-refractivity contribution is 0.0953. The monoisotopic (exact) mass is 359 g/mol. The number of unbranched alkanes of at least 4 members (excludes halogenated alkanes) is 1. The van der Waals surface area contributed by atoms with Crippen molar-refractivity contribution in [2.45, 2.75) is 30.8 Å². The molecule has 0 saturated heterocycles. The number of hydrogen-bond donors (Lipinski definition) is 3. The average molecular weight is 359 g/mol. The minimum absolute atomic E-state index is 0.123. The summed E-state index contributed by atoms with van der Waals surface area (Å²) in [6.07, 6.45) is 1.39. The molecule has 0 bridgehead atoms. The molecule has 1 amide bonds. The van der Waals surface area contributed by atoms with Gasteiger partial charge >= 0.3 is 0 Å². The van der Waals surface area contributed by atoms with Crippen molar-refractivity contribution in [3.8, 4) is 0 Å². The zero-order valence-electron chi connectivity index (χ0n) is 14.0. The second-order valence-electron chi connectivity index (χ2n) is 5.93. The van der Waals surface area contributed by atoms with Crippen LogP contribution in [0.15, 0.2) is 53.4 Å². The summed E-state index contributed by atoms with van der Waals surface area (Å²) >= 11 is 0. The van der Waals surface area contributed by atoms with E-state index >= 15 is 0 Å². The number of hydrogen-bond acceptors (Lipinski definition) is 4. The Morgan fingerprint density at radius 2 is 1.84 bits per heavy atom. The smallest absolute Gasteiger partial charge is 0.251 e. The number of amides is 1. The van der Waals surface area contributed by atoms with Crippen LogP contribution in [0.2, 0.25) is 0 Å². The topological polar surface area (TPSA) is 87.3 Å². The summed E-state index contributed by atoms with van der Waals surface area (Å²) < 4.78 is 27.3. The van der Waals surface area contributed by atoms with Crippen molar-refractivity contribution in [1.29, 1.82) is 0 Å². The molecule has 0 aliphatic carbocycles. The van der Waals surface area contributed by atoms with Crippen LogP contribution in [-0.4, -0.2) is 20.9 Å². The molecule has 25 heavy (non-hydrogen) atoms. The van der Waals surface area contributed by atoms with Gasteiger partial charge < -0.3 is 10.6 Å². The van der Waals surface area contributed by atoms with Gasteiger partial charge in [-0.15, -0.1) is 0 Å². The van der Waals surface area contributed by atoms with Gasteiger partial charge in [0.1, 0.15) is 11.1 Å². The normalized spacial score (nSPS) is 18.0. The second kappa shape index (κ2) is 7.25. The maximum Gasteiger partial charge on any atom is 0.251 e. The van der Waals surface area contributed by atoms with Crippen LogP contribution in [0.25, 0.3) is 0 Å². The predicted molar refractivity (Wildman–Crippen MR) is 96.8 cm³/mol. The first-order valence-electron chi connectivity index (χ1n) is 8.27.